The molecule has 0 saturated carbocycles. The predicted octanol–water partition coefficient (Wildman–Crippen LogP) is 3.36. The lowest BCUT2D eigenvalue weighted by atomic mass is 10.2. The quantitative estimate of drug-likeness (QED) is 0.779. The number of likely N-dealkylation sites (N-methyl/N-ethyl adjacent to an activating group) is 1. The number of carbonyl (C=O) groups excluding carboxylic acids is 2. The number of nitrogens with one attached hydrogen (secondary N) is 1. The molecule has 1 fully saturated rings. The number of alkyl halides is 3. The molecule has 1 aliphatic rings. The molecule has 3 rings (SSSR count). The van der Waals surface area contributed by atoms with Crippen molar-refractivity contribution in [3.63, 3.8) is 0 Å². The Bertz CT molecular complexity index is 957. The second-order valence-corrected chi connectivity index (χ2v) is 7.06. The highest BCUT2D eigenvalue weighted by Crippen LogP contribution is 2.29. The van der Waals surface area contributed by atoms with Crippen molar-refractivity contribution in [1.82, 2.24) is 20.2 Å². The first-order valence-corrected chi connectivity index (χ1v) is 8.99. The van der Waals surface area contributed by atoms with Gasteiger partial charge in [0.25, 0.3) is 0 Å². The zero-order valence-electron chi connectivity index (χ0n) is 14.9. The number of hydrogen-bond acceptors (Lipinski definition) is 4. The fourth-order valence-corrected chi connectivity index (χ4v) is 3.20. The van der Waals surface area contributed by atoms with Gasteiger partial charge in [0.2, 0.25) is 11.9 Å². The maximum absolute atomic E-state index is 12.9. The van der Waals surface area contributed by atoms with Gasteiger partial charge in [-0.3, -0.25) is 9.69 Å². The van der Waals surface area contributed by atoms with E-state index in [0.717, 1.165) is 16.0 Å². The topological polar surface area (TPSA) is 78.4 Å². The Labute approximate surface area is 173 Å². The fourth-order valence-electron chi connectivity index (χ4n) is 2.72. The van der Waals surface area contributed by atoms with E-state index in [1.807, 2.05) is 0 Å². The third-order valence-electron chi connectivity index (χ3n) is 4.30. The van der Waals surface area contributed by atoms with Crippen LogP contribution in [0.15, 0.2) is 30.5 Å². The zero-order chi connectivity index (χ0) is 21.3. The van der Waals surface area contributed by atoms with Crippen molar-refractivity contribution >= 4 is 41.1 Å². The highest BCUT2D eigenvalue weighted by atomic mass is 35.5. The fraction of sp³-hybridized carbons (Fsp3) is 0.294. The van der Waals surface area contributed by atoms with Crippen LogP contribution in [-0.4, -0.2) is 46.4 Å². The highest BCUT2D eigenvalue weighted by molar-refractivity contribution is 6.35. The van der Waals surface area contributed by atoms with E-state index in [0.29, 0.717) is 21.7 Å². The lowest BCUT2D eigenvalue weighted by molar-refractivity contribution is -0.141. The molecule has 2 aromatic rings. The minimum atomic E-state index is -4.68. The molecule has 154 valence electrons. The summed E-state index contributed by atoms with van der Waals surface area (Å²) in [5, 5.41) is 3.47. The summed E-state index contributed by atoms with van der Waals surface area (Å²) in [6.45, 7) is -0.107. The van der Waals surface area contributed by atoms with Gasteiger partial charge in [0.05, 0.1) is 6.54 Å². The molecule has 0 radical (unpaired) electrons. The van der Waals surface area contributed by atoms with Gasteiger partial charge >= 0.3 is 12.2 Å². The van der Waals surface area contributed by atoms with Crippen LogP contribution in [-0.2, 0) is 17.5 Å². The second-order valence-electron chi connectivity index (χ2n) is 6.21. The molecular formula is C17H14Cl2F3N5O2. The van der Waals surface area contributed by atoms with E-state index in [2.05, 4.69) is 15.3 Å². The van der Waals surface area contributed by atoms with Crippen molar-refractivity contribution in [2.24, 2.45) is 0 Å². The number of benzene rings is 1. The Morgan fingerprint density at radius 1 is 1.31 bits per heavy atom. The standard InChI is InChI=1S/C17H14Cl2F3N5O2/c1-26-12(14(28)24-7-9-2-3-10(18)6-11(9)19)8-27(16(26)29)15-23-5-4-13(25-15)17(20,21)22/h2-6,12H,7-8H2,1H3,(H,24,28)/t12-/m0/s1. The van der Waals surface area contributed by atoms with Crippen molar-refractivity contribution in [3.8, 4) is 0 Å². The SMILES string of the molecule is CN1C(=O)N(c2nccc(C(F)(F)F)n2)C[C@H]1C(=O)NCc1ccc(Cl)cc1Cl. The molecular weight excluding hydrogens is 434 g/mol. The summed E-state index contributed by atoms with van der Waals surface area (Å²) >= 11 is 11.9. The Kier molecular flexibility index (Phi) is 5.85. The van der Waals surface area contributed by atoms with Gasteiger partial charge in [-0.25, -0.2) is 14.8 Å². The number of carbonyl (C=O) groups is 2. The van der Waals surface area contributed by atoms with Crippen molar-refractivity contribution in [2.75, 3.05) is 18.5 Å². The summed E-state index contributed by atoms with van der Waals surface area (Å²) in [4.78, 5) is 34.1. The first-order valence-electron chi connectivity index (χ1n) is 8.24. The van der Waals surface area contributed by atoms with Crippen LogP contribution in [0.4, 0.5) is 23.9 Å². The average molecular weight is 448 g/mol. The molecule has 2 heterocycles. The Hall–Kier alpha value is -2.59. The van der Waals surface area contributed by atoms with Crippen LogP contribution in [0.5, 0.6) is 0 Å². The summed E-state index contributed by atoms with van der Waals surface area (Å²) in [7, 11) is 1.37. The Morgan fingerprint density at radius 2 is 2.03 bits per heavy atom. The number of aromatic nitrogens is 2. The number of nitrogens with zero attached hydrogens (tertiary/aromatic N) is 4. The van der Waals surface area contributed by atoms with E-state index in [1.165, 1.54) is 13.1 Å². The van der Waals surface area contributed by atoms with Crippen LogP contribution in [0.1, 0.15) is 11.3 Å². The highest BCUT2D eigenvalue weighted by Gasteiger charge is 2.42. The van der Waals surface area contributed by atoms with E-state index in [4.69, 9.17) is 23.2 Å². The van der Waals surface area contributed by atoms with Gasteiger partial charge in [0, 0.05) is 29.8 Å². The molecule has 0 aliphatic carbocycles. The molecule has 0 spiro atoms. The largest absolute Gasteiger partial charge is 0.433 e. The van der Waals surface area contributed by atoms with Crippen LogP contribution in [0.25, 0.3) is 0 Å². The lowest BCUT2D eigenvalue weighted by Crippen LogP contribution is -2.43. The van der Waals surface area contributed by atoms with Crippen LogP contribution in [0.2, 0.25) is 10.0 Å². The molecule has 1 aromatic heterocycles. The minimum Gasteiger partial charge on any atom is -0.350 e. The maximum atomic E-state index is 12.9. The van der Waals surface area contributed by atoms with Crippen LogP contribution in [0, 0.1) is 0 Å². The van der Waals surface area contributed by atoms with Crippen molar-refractivity contribution in [1.29, 1.82) is 0 Å². The van der Waals surface area contributed by atoms with Gasteiger partial charge in [0.15, 0.2) is 0 Å². The van der Waals surface area contributed by atoms with E-state index in [9.17, 15) is 22.8 Å². The lowest BCUT2D eigenvalue weighted by Gasteiger charge is -2.17. The first-order chi connectivity index (χ1) is 13.6. The summed E-state index contributed by atoms with van der Waals surface area (Å²) < 4.78 is 38.6. The van der Waals surface area contributed by atoms with Gasteiger partial charge in [0.1, 0.15) is 11.7 Å². The van der Waals surface area contributed by atoms with Crippen LogP contribution in [0.3, 0.4) is 0 Å². The number of halogens is 5. The number of hydrogen-bond donors (Lipinski definition) is 1. The number of rotatable bonds is 4. The van der Waals surface area contributed by atoms with Crippen molar-refractivity contribution < 1.29 is 22.8 Å². The van der Waals surface area contributed by atoms with E-state index < -0.39 is 35.8 Å². The Morgan fingerprint density at radius 3 is 2.69 bits per heavy atom. The molecule has 1 saturated heterocycles. The summed E-state index contributed by atoms with van der Waals surface area (Å²) in [5.74, 6) is -0.922. The number of amides is 3. The van der Waals surface area contributed by atoms with Crippen molar-refractivity contribution in [3.05, 3.63) is 51.8 Å². The third-order valence-corrected chi connectivity index (χ3v) is 4.89. The number of urea groups is 1. The normalized spacial score (nSPS) is 17.0. The summed E-state index contributed by atoms with van der Waals surface area (Å²) in [6, 6.07) is 3.88. The molecule has 29 heavy (non-hydrogen) atoms. The van der Waals surface area contributed by atoms with E-state index in [-0.39, 0.29) is 13.1 Å². The second kappa shape index (κ2) is 8.03. The molecule has 1 atom stereocenters. The summed E-state index contributed by atoms with van der Waals surface area (Å²) in [6.07, 6.45) is -3.77. The van der Waals surface area contributed by atoms with Gasteiger partial charge in [-0.1, -0.05) is 29.3 Å². The molecule has 1 aliphatic heterocycles. The third kappa shape index (κ3) is 4.54. The molecule has 1 aromatic carbocycles. The zero-order valence-corrected chi connectivity index (χ0v) is 16.4. The smallest absolute Gasteiger partial charge is 0.350 e. The molecule has 3 amide bonds. The van der Waals surface area contributed by atoms with E-state index in [1.54, 1.807) is 12.1 Å². The average Bonchev–Trinajstić information content (AvgIpc) is 2.95. The monoisotopic (exact) mass is 447 g/mol. The predicted molar refractivity (Wildman–Crippen MR) is 99.6 cm³/mol. The van der Waals surface area contributed by atoms with Gasteiger partial charge in [-0.2, -0.15) is 13.2 Å². The molecule has 0 bridgehead atoms. The van der Waals surface area contributed by atoms with Gasteiger partial charge in [-0.15, -0.1) is 0 Å². The van der Waals surface area contributed by atoms with Gasteiger partial charge < -0.3 is 10.2 Å². The molecule has 1 N–H and O–H groups in total. The number of anilines is 1. The maximum Gasteiger partial charge on any atom is 0.433 e. The van der Waals surface area contributed by atoms with Crippen LogP contribution >= 0.6 is 23.2 Å². The van der Waals surface area contributed by atoms with Gasteiger partial charge in [-0.05, 0) is 23.8 Å². The Balaban J connectivity index is 1.72. The molecule has 12 heteroatoms. The minimum absolute atomic E-state index is 0.0907. The summed E-state index contributed by atoms with van der Waals surface area (Å²) in [5.41, 5.74) is -0.558. The van der Waals surface area contributed by atoms with E-state index >= 15 is 0 Å². The van der Waals surface area contributed by atoms with Crippen LogP contribution < -0.4 is 10.2 Å². The first kappa shape index (κ1) is 21.1. The molecule has 0 unspecified atom stereocenters. The molecule has 7 nitrogen and oxygen atoms in total. The van der Waals surface area contributed by atoms with Crippen molar-refractivity contribution in [2.45, 2.75) is 18.8 Å².